The first-order valence-electron chi connectivity index (χ1n) is 7.31. The average molecular weight is 389 g/mol. The zero-order chi connectivity index (χ0) is 17.7. The second-order valence-electron chi connectivity index (χ2n) is 5.27. The van der Waals surface area contributed by atoms with Crippen LogP contribution in [-0.4, -0.2) is 24.1 Å². The molecule has 1 N–H and O–H groups in total. The smallest absolute Gasteiger partial charge is 0.244 e. The molecule has 0 heterocycles. The van der Waals surface area contributed by atoms with E-state index in [1.165, 1.54) is 18.7 Å². The zero-order valence-corrected chi connectivity index (χ0v) is 15.0. The van der Waals surface area contributed by atoms with E-state index < -0.39 is 0 Å². The van der Waals surface area contributed by atoms with Crippen LogP contribution in [0.5, 0.6) is 0 Å². The summed E-state index contributed by atoms with van der Waals surface area (Å²) < 4.78 is 0.825. The molecule has 0 bridgehead atoms. The van der Waals surface area contributed by atoms with Gasteiger partial charge < -0.3 is 10.2 Å². The molecule has 0 atom stereocenters. The van der Waals surface area contributed by atoms with E-state index >= 15 is 0 Å². The van der Waals surface area contributed by atoms with Crippen molar-refractivity contribution in [2.24, 2.45) is 0 Å². The predicted octanol–water partition coefficient (Wildman–Crippen LogP) is 3.64. The molecular formula is C18H17BrN2O3. The first-order chi connectivity index (χ1) is 11.4. The number of carbonyl (C=O) groups is 3. The number of carbonyl (C=O) groups excluding carboxylic acids is 3. The number of anilines is 2. The van der Waals surface area contributed by atoms with Gasteiger partial charge in [0.05, 0.1) is 0 Å². The molecule has 0 saturated carbocycles. The fourth-order valence-electron chi connectivity index (χ4n) is 2.16. The van der Waals surface area contributed by atoms with Gasteiger partial charge in [-0.1, -0.05) is 22.0 Å². The highest BCUT2D eigenvalue weighted by Crippen LogP contribution is 2.20. The molecule has 2 aromatic rings. The Balaban J connectivity index is 2.08. The summed E-state index contributed by atoms with van der Waals surface area (Å²) in [6.45, 7) is 2.80. The van der Waals surface area contributed by atoms with Gasteiger partial charge in [0.2, 0.25) is 11.8 Å². The van der Waals surface area contributed by atoms with Crippen LogP contribution in [0.2, 0.25) is 0 Å². The monoisotopic (exact) mass is 388 g/mol. The zero-order valence-electron chi connectivity index (χ0n) is 13.4. The van der Waals surface area contributed by atoms with Crippen LogP contribution < -0.4 is 10.2 Å². The lowest BCUT2D eigenvalue weighted by Crippen LogP contribution is -2.36. The van der Waals surface area contributed by atoms with E-state index in [0.717, 1.165) is 4.47 Å². The molecule has 6 heteroatoms. The van der Waals surface area contributed by atoms with Gasteiger partial charge in [-0.05, 0) is 49.4 Å². The van der Waals surface area contributed by atoms with E-state index in [0.29, 0.717) is 16.9 Å². The van der Waals surface area contributed by atoms with Crippen molar-refractivity contribution in [3.05, 3.63) is 58.6 Å². The van der Waals surface area contributed by atoms with Crippen LogP contribution in [-0.2, 0) is 9.59 Å². The van der Waals surface area contributed by atoms with E-state index in [1.54, 1.807) is 42.5 Å². The Hall–Kier alpha value is -2.47. The summed E-state index contributed by atoms with van der Waals surface area (Å²) in [4.78, 5) is 36.7. The van der Waals surface area contributed by atoms with Gasteiger partial charge in [-0.25, -0.2) is 0 Å². The topological polar surface area (TPSA) is 66.5 Å². The fourth-order valence-corrected chi connectivity index (χ4v) is 2.55. The molecule has 5 nitrogen and oxygen atoms in total. The third-order valence-corrected chi connectivity index (χ3v) is 3.87. The van der Waals surface area contributed by atoms with Crippen LogP contribution in [0.25, 0.3) is 0 Å². The molecule has 0 saturated heterocycles. The minimum absolute atomic E-state index is 0.0368. The van der Waals surface area contributed by atoms with Crippen molar-refractivity contribution in [2.75, 3.05) is 16.8 Å². The molecule has 0 aliphatic rings. The molecule has 124 valence electrons. The summed E-state index contributed by atoms with van der Waals surface area (Å²) in [5.74, 6) is -0.582. The van der Waals surface area contributed by atoms with Crippen LogP contribution in [0.1, 0.15) is 24.2 Å². The molecule has 0 fully saturated rings. The van der Waals surface area contributed by atoms with Crippen molar-refractivity contribution >= 4 is 44.9 Å². The largest absolute Gasteiger partial charge is 0.325 e. The maximum absolute atomic E-state index is 12.2. The normalized spacial score (nSPS) is 10.1. The summed E-state index contributed by atoms with van der Waals surface area (Å²) in [6, 6.07) is 13.8. The van der Waals surface area contributed by atoms with E-state index in [4.69, 9.17) is 0 Å². The molecule has 0 unspecified atom stereocenters. The minimum Gasteiger partial charge on any atom is -0.325 e. The summed E-state index contributed by atoms with van der Waals surface area (Å²) in [7, 11) is 0. The van der Waals surface area contributed by atoms with Gasteiger partial charge in [-0.2, -0.15) is 0 Å². The molecule has 2 rings (SSSR count). The SMILES string of the molecule is CC(=O)c1ccc(NC(=O)CN(C(C)=O)c2cccc(Br)c2)cc1. The standard InChI is InChI=1S/C18H17BrN2O3/c1-12(22)14-6-8-16(9-7-14)20-18(24)11-21(13(2)23)17-5-3-4-15(19)10-17/h3-10H,11H2,1-2H3,(H,20,24). The van der Waals surface area contributed by atoms with Crippen LogP contribution in [0.4, 0.5) is 11.4 Å². The van der Waals surface area contributed by atoms with E-state index in [2.05, 4.69) is 21.2 Å². The van der Waals surface area contributed by atoms with E-state index in [-0.39, 0.29) is 24.1 Å². The average Bonchev–Trinajstić information content (AvgIpc) is 2.52. The number of nitrogens with zero attached hydrogens (tertiary/aromatic N) is 1. The number of Topliss-reactive ketones (excluding diaryl/α,β-unsaturated/α-hetero) is 1. The number of benzene rings is 2. The molecule has 0 radical (unpaired) electrons. The van der Waals surface area contributed by atoms with Gasteiger partial charge in [-0.15, -0.1) is 0 Å². The molecule has 24 heavy (non-hydrogen) atoms. The summed E-state index contributed by atoms with van der Waals surface area (Å²) >= 11 is 3.35. The molecule has 2 amide bonds. The van der Waals surface area contributed by atoms with Crippen LogP contribution in [0.3, 0.4) is 0 Å². The summed E-state index contributed by atoms with van der Waals surface area (Å²) in [5.41, 5.74) is 1.79. The van der Waals surface area contributed by atoms with Crippen LogP contribution >= 0.6 is 15.9 Å². The number of amides is 2. The summed E-state index contributed by atoms with van der Waals surface area (Å²) in [6.07, 6.45) is 0. The maximum atomic E-state index is 12.2. The molecule has 0 aliphatic heterocycles. The van der Waals surface area contributed by atoms with Crippen LogP contribution in [0.15, 0.2) is 53.0 Å². The first-order valence-corrected chi connectivity index (χ1v) is 8.10. The predicted molar refractivity (Wildman–Crippen MR) is 97.2 cm³/mol. The second-order valence-corrected chi connectivity index (χ2v) is 6.18. The van der Waals surface area contributed by atoms with Crippen molar-refractivity contribution in [1.29, 1.82) is 0 Å². The third-order valence-electron chi connectivity index (χ3n) is 3.38. The van der Waals surface area contributed by atoms with Crippen molar-refractivity contribution in [3.63, 3.8) is 0 Å². The lowest BCUT2D eigenvalue weighted by molar-refractivity contribution is -0.120. The highest BCUT2D eigenvalue weighted by molar-refractivity contribution is 9.10. The first kappa shape index (κ1) is 17.9. The Kier molecular flexibility index (Phi) is 5.87. The molecule has 0 spiro atoms. The second kappa shape index (κ2) is 7.88. The van der Waals surface area contributed by atoms with Crippen molar-refractivity contribution in [1.82, 2.24) is 0 Å². The quantitative estimate of drug-likeness (QED) is 0.794. The van der Waals surface area contributed by atoms with Gasteiger partial charge in [-0.3, -0.25) is 14.4 Å². The highest BCUT2D eigenvalue weighted by atomic mass is 79.9. The molecule has 0 aliphatic carbocycles. The third kappa shape index (κ3) is 4.76. The van der Waals surface area contributed by atoms with Crippen molar-refractivity contribution in [3.8, 4) is 0 Å². The number of halogens is 1. The molecule has 2 aromatic carbocycles. The van der Waals surface area contributed by atoms with Gasteiger partial charge in [0.25, 0.3) is 0 Å². The summed E-state index contributed by atoms with van der Waals surface area (Å²) in [5, 5.41) is 2.72. The van der Waals surface area contributed by atoms with Crippen molar-refractivity contribution in [2.45, 2.75) is 13.8 Å². The van der Waals surface area contributed by atoms with Gasteiger partial charge in [0.1, 0.15) is 6.54 Å². The van der Waals surface area contributed by atoms with Gasteiger partial charge in [0, 0.05) is 28.3 Å². The van der Waals surface area contributed by atoms with E-state index in [1.807, 2.05) is 6.07 Å². The maximum Gasteiger partial charge on any atom is 0.244 e. The minimum atomic E-state index is -0.319. The molecule has 0 aromatic heterocycles. The number of ketones is 1. The van der Waals surface area contributed by atoms with Gasteiger partial charge >= 0.3 is 0 Å². The lowest BCUT2D eigenvalue weighted by atomic mass is 10.1. The van der Waals surface area contributed by atoms with Gasteiger partial charge in [0.15, 0.2) is 5.78 Å². The Morgan fingerprint density at radius 3 is 2.25 bits per heavy atom. The number of rotatable bonds is 5. The Morgan fingerprint density at radius 1 is 1.04 bits per heavy atom. The van der Waals surface area contributed by atoms with Crippen molar-refractivity contribution < 1.29 is 14.4 Å². The van der Waals surface area contributed by atoms with E-state index in [9.17, 15) is 14.4 Å². The molecular weight excluding hydrogens is 372 g/mol. The van der Waals surface area contributed by atoms with Crippen LogP contribution in [0, 0.1) is 0 Å². The Labute approximate surface area is 148 Å². The Morgan fingerprint density at radius 2 is 1.71 bits per heavy atom. The number of nitrogens with one attached hydrogen (secondary N) is 1. The number of hydrogen-bond acceptors (Lipinski definition) is 3. The highest BCUT2D eigenvalue weighted by Gasteiger charge is 2.16. The fraction of sp³-hybridized carbons (Fsp3) is 0.167. The Bertz CT molecular complexity index is 772. The lowest BCUT2D eigenvalue weighted by Gasteiger charge is -2.21. The number of hydrogen-bond donors (Lipinski definition) is 1.